The molecule has 2 aliphatic heterocycles. The number of nitrogens with zero attached hydrogens (tertiary/aromatic N) is 3. The van der Waals surface area contributed by atoms with E-state index < -0.39 is 0 Å². The monoisotopic (exact) mass is 290 g/mol. The van der Waals surface area contributed by atoms with Crippen LogP contribution >= 0.6 is 0 Å². The van der Waals surface area contributed by atoms with E-state index in [1.165, 1.54) is 0 Å². The van der Waals surface area contributed by atoms with E-state index in [9.17, 15) is 9.59 Å². The number of likely N-dealkylation sites (tertiary alicyclic amines) is 1. The van der Waals surface area contributed by atoms with Crippen LogP contribution in [-0.2, 0) is 9.59 Å². The van der Waals surface area contributed by atoms with Gasteiger partial charge in [0.05, 0.1) is 0 Å². The summed E-state index contributed by atoms with van der Waals surface area (Å²) in [6.45, 7) is 3.02. The molecule has 1 N–H and O–H groups in total. The lowest BCUT2D eigenvalue weighted by molar-refractivity contribution is -0.130. The molecule has 0 saturated carbocycles. The molecule has 2 rings (SSSR count). The van der Waals surface area contributed by atoms with Crippen LogP contribution in [0.15, 0.2) is 10.2 Å². The van der Waals surface area contributed by atoms with Gasteiger partial charge in [0, 0.05) is 51.7 Å². The van der Waals surface area contributed by atoms with Crippen LogP contribution in [0.25, 0.3) is 0 Å². The Morgan fingerprint density at radius 1 is 1.33 bits per heavy atom. The lowest BCUT2D eigenvalue weighted by Gasteiger charge is -2.31. The summed E-state index contributed by atoms with van der Waals surface area (Å²) in [7, 11) is 0. The summed E-state index contributed by atoms with van der Waals surface area (Å²) in [5.41, 5.74) is -0.387. The molecule has 0 aromatic carbocycles. The maximum absolute atomic E-state index is 12.0. The molecular formula is C15H22N4O2. The highest BCUT2D eigenvalue weighted by Crippen LogP contribution is 2.37. The fourth-order valence-corrected chi connectivity index (χ4v) is 2.62. The highest BCUT2D eigenvalue weighted by molar-refractivity contribution is 5.76. The third kappa shape index (κ3) is 4.55. The SMILES string of the molecule is C#CCCC1(CCC(=O)NC2CCN(C(C)=O)CC2)N=N1. The summed E-state index contributed by atoms with van der Waals surface area (Å²) in [6.07, 6.45) is 9.30. The van der Waals surface area contributed by atoms with E-state index in [1.807, 2.05) is 4.90 Å². The smallest absolute Gasteiger partial charge is 0.220 e. The molecule has 2 aliphatic rings. The molecule has 0 aromatic rings. The van der Waals surface area contributed by atoms with Gasteiger partial charge in [0.2, 0.25) is 11.8 Å². The molecule has 0 radical (unpaired) electrons. The summed E-state index contributed by atoms with van der Waals surface area (Å²) in [6, 6.07) is 0.169. The molecule has 6 nitrogen and oxygen atoms in total. The zero-order chi connectivity index (χ0) is 15.3. The first-order valence-electron chi connectivity index (χ1n) is 7.47. The number of nitrogens with one attached hydrogen (secondary N) is 1. The molecule has 1 fully saturated rings. The predicted molar refractivity (Wildman–Crippen MR) is 78.3 cm³/mol. The Labute approximate surface area is 125 Å². The van der Waals surface area contributed by atoms with E-state index >= 15 is 0 Å². The lowest BCUT2D eigenvalue weighted by Crippen LogP contribution is -2.46. The highest BCUT2D eigenvalue weighted by Gasteiger charge is 2.39. The Morgan fingerprint density at radius 2 is 2.00 bits per heavy atom. The molecule has 6 heteroatoms. The van der Waals surface area contributed by atoms with Gasteiger partial charge in [0.15, 0.2) is 5.66 Å². The number of amides is 2. The number of rotatable bonds is 6. The molecule has 2 heterocycles. The Morgan fingerprint density at radius 3 is 2.52 bits per heavy atom. The normalized spacial score (nSPS) is 19.9. The van der Waals surface area contributed by atoms with Crippen LogP contribution < -0.4 is 5.32 Å². The fourth-order valence-electron chi connectivity index (χ4n) is 2.62. The fraction of sp³-hybridized carbons (Fsp3) is 0.733. The maximum atomic E-state index is 12.0. The van der Waals surface area contributed by atoms with Gasteiger partial charge in [0.1, 0.15) is 0 Å². The zero-order valence-electron chi connectivity index (χ0n) is 12.5. The minimum atomic E-state index is -0.387. The minimum absolute atomic E-state index is 0.0358. The van der Waals surface area contributed by atoms with Crippen molar-refractivity contribution in [1.82, 2.24) is 10.2 Å². The van der Waals surface area contributed by atoms with Crippen LogP contribution in [0.2, 0.25) is 0 Å². The van der Waals surface area contributed by atoms with Crippen LogP contribution in [0.3, 0.4) is 0 Å². The Bertz CT molecular complexity index is 467. The van der Waals surface area contributed by atoms with Gasteiger partial charge in [-0.2, -0.15) is 10.2 Å². The van der Waals surface area contributed by atoms with Crippen LogP contribution in [0.1, 0.15) is 45.4 Å². The Kier molecular flexibility index (Phi) is 4.94. The largest absolute Gasteiger partial charge is 0.353 e. The third-order valence-corrected chi connectivity index (χ3v) is 4.11. The van der Waals surface area contributed by atoms with Crippen LogP contribution in [-0.4, -0.2) is 41.5 Å². The summed E-state index contributed by atoms with van der Waals surface area (Å²) in [4.78, 5) is 25.0. The van der Waals surface area contributed by atoms with Crippen molar-refractivity contribution in [3.05, 3.63) is 0 Å². The van der Waals surface area contributed by atoms with Crippen LogP contribution in [0.4, 0.5) is 0 Å². The second-order valence-corrected chi connectivity index (χ2v) is 5.73. The molecule has 1 saturated heterocycles. The topological polar surface area (TPSA) is 74.1 Å². The first-order chi connectivity index (χ1) is 10.0. The van der Waals surface area contributed by atoms with Gasteiger partial charge < -0.3 is 10.2 Å². The van der Waals surface area contributed by atoms with Gasteiger partial charge in [-0.15, -0.1) is 12.3 Å². The van der Waals surface area contributed by atoms with Crippen molar-refractivity contribution >= 4 is 11.8 Å². The minimum Gasteiger partial charge on any atom is -0.353 e. The van der Waals surface area contributed by atoms with Crippen molar-refractivity contribution in [2.75, 3.05) is 13.1 Å². The number of piperidine rings is 1. The molecule has 0 aliphatic carbocycles. The van der Waals surface area contributed by atoms with E-state index in [4.69, 9.17) is 6.42 Å². The standard InChI is InChI=1S/C15H22N4O2/c1-3-4-8-15(17-18-15)9-5-14(21)16-13-6-10-19(11-7-13)12(2)20/h1,13H,4-11H2,2H3,(H,16,21). The highest BCUT2D eigenvalue weighted by atomic mass is 16.2. The molecular weight excluding hydrogens is 268 g/mol. The molecule has 2 amide bonds. The first-order valence-corrected chi connectivity index (χ1v) is 7.47. The van der Waals surface area contributed by atoms with Crippen molar-refractivity contribution < 1.29 is 9.59 Å². The summed E-state index contributed by atoms with van der Waals surface area (Å²) < 4.78 is 0. The average Bonchev–Trinajstić information content (AvgIpc) is 3.24. The second kappa shape index (κ2) is 6.70. The summed E-state index contributed by atoms with van der Waals surface area (Å²) in [5.74, 6) is 2.72. The van der Waals surface area contributed by atoms with E-state index in [0.717, 1.165) is 32.4 Å². The van der Waals surface area contributed by atoms with Gasteiger partial charge >= 0.3 is 0 Å². The van der Waals surface area contributed by atoms with Crippen LogP contribution in [0, 0.1) is 12.3 Å². The van der Waals surface area contributed by atoms with Crippen molar-refractivity contribution in [2.45, 2.75) is 57.2 Å². The van der Waals surface area contributed by atoms with Gasteiger partial charge in [-0.3, -0.25) is 9.59 Å². The number of carbonyl (C=O) groups excluding carboxylic acids is 2. The van der Waals surface area contributed by atoms with Crippen molar-refractivity contribution in [3.63, 3.8) is 0 Å². The van der Waals surface area contributed by atoms with Gasteiger partial charge in [-0.1, -0.05) is 0 Å². The molecule has 114 valence electrons. The number of hydrogen-bond donors (Lipinski definition) is 1. The second-order valence-electron chi connectivity index (χ2n) is 5.73. The maximum Gasteiger partial charge on any atom is 0.220 e. The first kappa shape index (κ1) is 15.5. The van der Waals surface area contributed by atoms with Crippen molar-refractivity contribution in [2.24, 2.45) is 10.2 Å². The number of terminal acetylenes is 1. The molecule has 0 atom stereocenters. The molecule has 0 bridgehead atoms. The van der Waals surface area contributed by atoms with E-state index in [-0.39, 0.29) is 23.5 Å². The quantitative estimate of drug-likeness (QED) is 0.752. The average molecular weight is 290 g/mol. The van der Waals surface area contributed by atoms with Gasteiger partial charge in [-0.25, -0.2) is 0 Å². The van der Waals surface area contributed by atoms with Crippen molar-refractivity contribution in [3.8, 4) is 12.3 Å². The summed E-state index contributed by atoms with van der Waals surface area (Å²) in [5, 5.41) is 11.1. The number of carbonyl (C=O) groups is 2. The van der Waals surface area contributed by atoms with Crippen molar-refractivity contribution in [1.29, 1.82) is 0 Å². The van der Waals surface area contributed by atoms with Gasteiger partial charge in [0.25, 0.3) is 0 Å². The lowest BCUT2D eigenvalue weighted by atomic mass is 10.0. The number of hydrogen-bond acceptors (Lipinski definition) is 4. The molecule has 0 aromatic heterocycles. The Hall–Kier alpha value is -1.90. The van der Waals surface area contributed by atoms with E-state index in [0.29, 0.717) is 19.3 Å². The molecule has 21 heavy (non-hydrogen) atoms. The van der Waals surface area contributed by atoms with Crippen LogP contribution in [0.5, 0.6) is 0 Å². The molecule has 0 unspecified atom stereocenters. The zero-order valence-corrected chi connectivity index (χ0v) is 12.5. The predicted octanol–water partition coefficient (Wildman–Crippen LogP) is 1.47. The summed E-state index contributed by atoms with van der Waals surface area (Å²) >= 11 is 0. The van der Waals surface area contributed by atoms with E-state index in [1.54, 1.807) is 6.92 Å². The Balaban J connectivity index is 1.64. The van der Waals surface area contributed by atoms with Gasteiger partial charge in [-0.05, 0) is 12.8 Å². The third-order valence-electron chi connectivity index (χ3n) is 4.11. The molecule has 0 spiro atoms. The van der Waals surface area contributed by atoms with E-state index in [2.05, 4.69) is 21.5 Å².